The first-order valence-electron chi connectivity index (χ1n) is 10.6. The van der Waals surface area contributed by atoms with Gasteiger partial charge in [0.15, 0.2) is 0 Å². The van der Waals surface area contributed by atoms with E-state index in [1.165, 1.54) is 18.2 Å². The third-order valence-electron chi connectivity index (χ3n) is 5.78. The molecule has 34 heavy (non-hydrogen) atoms. The molecule has 1 atom stereocenters. The maximum absolute atomic E-state index is 13.7. The normalized spacial score (nSPS) is 19.9. The van der Waals surface area contributed by atoms with E-state index in [4.69, 9.17) is 39.5 Å². The maximum Gasteiger partial charge on any atom is 0.252 e. The molecule has 2 saturated heterocycles. The van der Waals surface area contributed by atoms with Crippen LogP contribution in [0.3, 0.4) is 0 Å². The van der Waals surface area contributed by atoms with Gasteiger partial charge in [0.25, 0.3) is 5.91 Å². The predicted octanol–water partition coefficient (Wildman–Crippen LogP) is 3.30. The zero-order valence-electron chi connectivity index (χ0n) is 18.0. The zero-order chi connectivity index (χ0) is 24.5. The van der Waals surface area contributed by atoms with Gasteiger partial charge in [0.05, 0.1) is 30.3 Å². The quantitative estimate of drug-likeness (QED) is 0.495. The van der Waals surface area contributed by atoms with Crippen molar-refractivity contribution >= 4 is 62.3 Å². The maximum atomic E-state index is 13.7. The van der Waals surface area contributed by atoms with Crippen molar-refractivity contribution < 1.29 is 22.7 Å². The predicted molar refractivity (Wildman–Crippen MR) is 130 cm³/mol. The number of halogens is 3. The molecule has 2 aromatic rings. The molecule has 2 aromatic carbocycles. The van der Waals surface area contributed by atoms with Crippen LogP contribution in [0.4, 0.5) is 5.69 Å². The van der Waals surface area contributed by atoms with Crippen LogP contribution < -0.4 is 4.90 Å². The molecule has 2 aliphatic rings. The minimum atomic E-state index is -4.27. The van der Waals surface area contributed by atoms with E-state index in [1.54, 1.807) is 24.3 Å². The van der Waals surface area contributed by atoms with E-state index >= 15 is 0 Å². The van der Waals surface area contributed by atoms with Gasteiger partial charge in [-0.05, 0) is 42.5 Å². The number of benzene rings is 2. The van der Waals surface area contributed by atoms with Gasteiger partial charge >= 0.3 is 0 Å². The third-order valence-corrected chi connectivity index (χ3v) is 8.65. The van der Waals surface area contributed by atoms with E-state index < -0.39 is 27.9 Å². The average Bonchev–Trinajstić information content (AvgIpc) is 3.10. The monoisotopic (exact) mass is 545 g/mol. The highest BCUT2D eigenvalue weighted by atomic mass is 35.5. The molecule has 0 spiro atoms. The van der Waals surface area contributed by atoms with Crippen LogP contribution in [0.25, 0.3) is 0 Å². The summed E-state index contributed by atoms with van der Waals surface area (Å²) < 4.78 is 33.9. The van der Waals surface area contributed by atoms with Gasteiger partial charge in [-0.2, -0.15) is 4.31 Å². The number of hydrogen-bond donors (Lipinski definition) is 0. The second kappa shape index (κ2) is 10.5. The number of morpholine rings is 1. The Hall–Kier alpha value is -1.72. The van der Waals surface area contributed by atoms with Crippen molar-refractivity contribution in [1.29, 1.82) is 0 Å². The molecular formula is C22H22Cl3N3O5S. The van der Waals surface area contributed by atoms with E-state index in [9.17, 15) is 18.0 Å². The number of sulfonamides is 1. The largest absolute Gasteiger partial charge is 0.379 e. The van der Waals surface area contributed by atoms with Crippen molar-refractivity contribution in [3.63, 3.8) is 0 Å². The first kappa shape index (κ1) is 25.4. The van der Waals surface area contributed by atoms with Gasteiger partial charge < -0.3 is 4.74 Å². The molecule has 0 aliphatic carbocycles. The lowest BCUT2D eigenvalue weighted by atomic mass is 10.2. The van der Waals surface area contributed by atoms with Crippen LogP contribution in [0.15, 0.2) is 47.4 Å². The molecule has 182 valence electrons. The van der Waals surface area contributed by atoms with Crippen LogP contribution in [0.5, 0.6) is 0 Å². The van der Waals surface area contributed by atoms with Gasteiger partial charge in [0.2, 0.25) is 15.9 Å². The van der Waals surface area contributed by atoms with E-state index in [0.29, 0.717) is 43.6 Å². The lowest BCUT2D eigenvalue weighted by Crippen LogP contribution is -2.49. The van der Waals surface area contributed by atoms with Gasteiger partial charge in [-0.25, -0.2) is 13.3 Å². The van der Waals surface area contributed by atoms with E-state index in [-0.39, 0.29) is 27.9 Å². The molecule has 2 amide bonds. The van der Waals surface area contributed by atoms with E-state index in [0.717, 1.165) is 9.21 Å². The minimum absolute atomic E-state index is 0.0106. The number of amides is 2. The SMILES string of the molecule is O=C1CC(N(CCN2CCOCC2)S(=O)(=O)c2cc(Cl)ccc2Cl)C(=O)N1c1ccc(Cl)cc1. The second-order valence-electron chi connectivity index (χ2n) is 7.91. The first-order chi connectivity index (χ1) is 16.2. The van der Waals surface area contributed by atoms with Crippen molar-refractivity contribution in [3.05, 3.63) is 57.5 Å². The topological polar surface area (TPSA) is 87.2 Å². The Labute approximate surface area is 213 Å². The van der Waals surface area contributed by atoms with Crippen LogP contribution in [0, 0.1) is 0 Å². The lowest BCUT2D eigenvalue weighted by Gasteiger charge is -2.31. The summed E-state index contributed by atoms with van der Waals surface area (Å²) in [5.74, 6) is -1.13. The fourth-order valence-corrected chi connectivity index (χ4v) is 6.45. The molecule has 1 unspecified atom stereocenters. The Morgan fingerprint density at radius 1 is 0.971 bits per heavy atom. The Morgan fingerprint density at radius 3 is 2.29 bits per heavy atom. The van der Waals surface area contributed by atoms with E-state index in [1.807, 2.05) is 4.90 Å². The molecule has 12 heteroatoms. The summed E-state index contributed by atoms with van der Waals surface area (Å²) in [6.07, 6.45) is -0.290. The molecule has 2 fully saturated rings. The number of nitrogens with zero attached hydrogens (tertiary/aromatic N) is 3. The Kier molecular flexibility index (Phi) is 7.83. The van der Waals surface area contributed by atoms with Crippen LogP contribution in [0.1, 0.15) is 6.42 Å². The summed E-state index contributed by atoms with van der Waals surface area (Å²) in [5.41, 5.74) is 0.327. The van der Waals surface area contributed by atoms with Crippen LogP contribution in [-0.2, 0) is 24.3 Å². The Bertz CT molecular complexity index is 1190. The molecule has 0 bridgehead atoms. The molecule has 8 nitrogen and oxygen atoms in total. The summed E-state index contributed by atoms with van der Waals surface area (Å²) in [4.78, 5) is 29.1. The van der Waals surface area contributed by atoms with Gasteiger partial charge in [-0.3, -0.25) is 14.5 Å². The molecule has 2 heterocycles. The summed E-state index contributed by atoms with van der Waals surface area (Å²) >= 11 is 18.2. The average molecular weight is 547 g/mol. The Balaban J connectivity index is 1.68. The molecular weight excluding hydrogens is 525 g/mol. The molecule has 0 radical (unpaired) electrons. The smallest absolute Gasteiger partial charge is 0.252 e. The van der Waals surface area contributed by atoms with Crippen LogP contribution in [-0.4, -0.2) is 74.9 Å². The number of carbonyl (C=O) groups excluding carboxylic acids is 2. The van der Waals surface area contributed by atoms with Gasteiger partial charge in [-0.1, -0.05) is 34.8 Å². The highest BCUT2D eigenvalue weighted by Crippen LogP contribution is 2.33. The number of rotatable bonds is 7. The van der Waals surface area contributed by atoms with Crippen LogP contribution >= 0.6 is 34.8 Å². The van der Waals surface area contributed by atoms with Crippen molar-refractivity contribution in [2.24, 2.45) is 0 Å². The van der Waals surface area contributed by atoms with Gasteiger partial charge in [0.1, 0.15) is 10.9 Å². The fraction of sp³-hybridized carbons (Fsp3) is 0.364. The summed E-state index contributed by atoms with van der Waals surface area (Å²) in [5, 5.41) is 0.615. The van der Waals surface area contributed by atoms with Crippen molar-refractivity contribution in [2.75, 3.05) is 44.3 Å². The molecule has 2 aliphatic heterocycles. The number of hydrogen-bond acceptors (Lipinski definition) is 6. The zero-order valence-corrected chi connectivity index (χ0v) is 21.1. The molecule has 0 saturated carbocycles. The summed E-state index contributed by atoms with van der Waals surface area (Å²) in [6, 6.07) is 9.10. The molecule has 0 N–H and O–H groups in total. The number of carbonyl (C=O) groups is 2. The van der Waals surface area contributed by atoms with Crippen molar-refractivity contribution in [2.45, 2.75) is 17.4 Å². The summed E-state index contributed by atoms with van der Waals surface area (Å²) in [7, 11) is -4.27. The summed E-state index contributed by atoms with van der Waals surface area (Å²) in [6.45, 7) is 2.71. The van der Waals surface area contributed by atoms with Crippen molar-refractivity contribution in [3.8, 4) is 0 Å². The highest BCUT2D eigenvalue weighted by molar-refractivity contribution is 7.89. The Morgan fingerprint density at radius 2 is 1.62 bits per heavy atom. The van der Waals surface area contributed by atoms with Crippen LogP contribution in [0.2, 0.25) is 15.1 Å². The minimum Gasteiger partial charge on any atom is -0.379 e. The van der Waals surface area contributed by atoms with Gasteiger partial charge in [0, 0.05) is 36.2 Å². The van der Waals surface area contributed by atoms with Crippen molar-refractivity contribution in [1.82, 2.24) is 9.21 Å². The molecule has 4 rings (SSSR count). The first-order valence-corrected chi connectivity index (χ1v) is 13.2. The standard InChI is InChI=1S/C22H22Cl3N3O5S/c23-15-1-4-17(5-2-15)28-21(29)14-19(22(28)30)27(8-7-26-9-11-33-12-10-26)34(31,32)20-13-16(24)3-6-18(20)25/h1-6,13,19H,7-12,14H2. The van der Waals surface area contributed by atoms with E-state index in [2.05, 4.69) is 0 Å². The number of imide groups is 1. The third kappa shape index (κ3) is 5.26. The fourth-order valence-electron chi connectivity index (χ4n) is 4.01. The lowest BCUT2D eigenvalue weighted by molar-refractivity contribution is -0.122. The molecule has 0 aromatic heterocycles. The number of ether oxygens (including phenoxy) is 1. The second-order valence-corrected chi connectivity index (χ2v) is 11.0. The van der Waals surface area contributed by atoms with Gasteiger partial charge in [-0.15, -0.1) is 0 Å². The number of anilines is 1. The highest BCUT2D eigenvalue weighted by Gasteiger charge is 2.47.